The molecule has 3 aromatic rings. The molecule has 0 bridgehead atoms. The lowest BCUT2D eigenvalue weighted by Gasteiger charge is -1.94. The van der Waals surface area contributed by atoms with E-state index < -0.39 is 5.24 Å². The molecule has 0 saturated carbocycles. The Morgan fingerprint density at radius 1 is 1.00 bits per heavy atom. The van der Waals surface area contributed by atoms with Gasteiger partial charge in [0, 0.05) is 25.7 Å². The number of carbonyl (C=O) groups is 1. The van der Waals surface area contributed by atoms with Crippen molar-refractivity contribution in [1.82, 2.24) is 0 Å². The number of fused-ring (bicyclic) bond motifs is 3. The SMILES string of the molecule is O=C(Cl)c1ccc2sc3ccccc3c2c1. The van der Waals surface area contributed by atoms with Crippen LogP contribution in [0.1, 0.15) is 10.4 Å². The Morgan fingerprint density at radius 3 is 2.56 bits per heavy atom. The molecule has 0 N–H and O–H groups in total. The van der Waals surface area contributed by atoms with Gasteiger partial charge in [-0.25, -0.2) is 0 Å². The second kappa shape index (κ2) is 3.58. The molecule has 1 aromatic heterocycles. The summed E-state index contributed by atoms with van der Waals surface area (Å²) in [7, 11) is 0. The summed E-state index contributed by atoms with van der Waals surface area (Å²) in [5.74, 6) is 0. The van der Waals surface area contributed by atoms with E-state index >= 15 is 0 Å². The highest BCUT2D eigenvalue weighted by atomic mass is 35.5. The maximum atomic E-state index is 11.1. The molecule has 3 heteroatoms. The molecular weight excluding hydrogens is 240 g/mol. The predicted molar refractivity (Wildman–Crippen MR) is 69.5 cm³/mol. The molecule has 0 aliphatic heterocycles. The first-order valence-electron chi connectivity index (χ1n) is 4.87. The molecule has 0 fully saturated rings. The first-order valence-corrected chi connectivity index (χ1v) is 6.06. The van der Waals surface area contributed by atoms with Gasteiger partial charge in [0.2, 0.25) is 0 Å². The van der Waals surface area contributed by atoms with Gasteiger partial charge in [-0.3, -0.25) is 4.79 Å². The van der Waals surface area contributed by atoms with Crippen LogP contribution in [0.4, 0.5) is 0 Å². The maximum Gasteiger partial charge on any atom is 0.252 e. The molecule has 1 heterocycles. The summed E-state index contributed by atoms with van der Waals surface area (Å²) in [5.41, 5.74) is 0.553. The molecule has 0 amide bonds. The summed E-state index contributed by atoms with van der Waals surface area (Å²) >= 11 is 7.21. The molecule has 0 aliphatic carbocycles. The van der Waals surface area contributed by atoms with Crippen LogP contribution in [0.3, 0.4) is 0 Å². The van der Waals surface area contributed by atoms with Gasteiger partial charge in [0.15, 0.2) is 0 Å². The normalized spacial score (nSPS) is 11.1. The highest BCUT2D eigenvalue weighted by Gasteiger charge is 2.07. The lowest BCUT2D eigenvalue weighted by molar-refractivity contribution is 0.108. The fraction of sp³-hybridized carbons (Fsp3) is 0. The van der Waals surface area contributed by atoms with Gasteiger partial charge in [0.25, 0.3) is 5.24 Å². The van der Waals surface area contributed by atoms with Gasteiger partial charge in [-0.05, 0) is 35.9 Å². The van der Waals surface area contributed by atoms with E-state index in [-0.39, 0.29) is 0 Å². The zero-order valence-electron chi connectivity index (χ0n) is 8.24. The molecule has 0 radical (unpaired) electrons. The molecular formula is C13H7ClOS. The van der Waals surface area contributed by atoms with E-state index in [0.29, 0.717) is 5.56 Å². The topological polar surface area (TPSA) is 17.1 Å². The van der Waals surface area contributed by atoms with Crippen LogP contribution in [0.2, 0.25) is 0 Å². The van der Waals surface area contributed by atoms with E-state index in [1.54, 1.807) is 17.4 Å². The second-order valence-electron chi connectivity index (χ2n) is 3.58. The third-order valence-electron chi connectivity index (χ3n) is 2.60. The molecule has 1 nitrogen and oxygen atoms in total. The Balaban J connectivity index is 2.44. The quantitative estimate of drug-likeness (QED) is 0.581. The number of halogens is 1. The summed E-state index contributed by atoms with van der Waals surface area (Å²) in [6.45, 7) is 0. The first kappa shape index (κ1) is 9.82. The number of thiophene rings is 1. The third-order valence-corrected chi connectivity index (χ3v) is 3.97. The first-order chi connectivity index (χ1) is 7.75. The summed E-state index contributed by atoms with van der Waals surface area (Å²) in [4.78, 5) is 11.1. The van der Waals surface area contributed by atoms with Crippen molar-refractivity contribution in [3.8, 4) is 0 Å². The highest BCUT2D eigenvalue weighted by molar-refractivity contribution is 7.25. The lowest BCUT2D eigenvalue weighted by Crippen LogP contribution is -1.86. The van der Waals surface area contributed by atoms with Crippen molar-refractivity contribution < 1.29 is 4.79 Å². The number of hydrogen-bond donors (Lipinski definition) is 0. The monoisotopic (exact) mass is 246 g/mol. The van der Waals surface area contributed by atoms with Crippen LogP contribution in [0.5, 0.6) is 0 Å². The van der Waals surface area contributed by atoms with Crippen molar-refractivity contribution in [1.29, 1.82) is 0 Å². The summed E-state index contributed by atoms with van der Waals surface area (Å²) < 4.78 is 2.42. The van der Waals surface area contributed by atoms with Crippen molar-refractivity contribution in [2.24, 2.45) is 0 Å². The number of rotatable bonds is 1. The Morgan fingerprint density at radius 2 is 1.75 bits per heavy atom. The van der Waals surface area contributed by atoms with Gasteiger partial charge in [-0.15, -0.1) is 11.3 Å². The molecule has 0 aliphatic rings. The van der Waals surface area contributed by atoms with E-state index in [0.717, 1.165) is 5.39 Å². The Bertz CT molecular complexity index is 699. The smallest absolute Gasteiger partial charge is 0.252 e. The van der Waals surface area contributed by atoms with Crippen LogP contribution in [-0.4, -0.2) is 5.24 Å². The Kier molecular flexibility index (Phi) is 2.20. The predicted octanol–water partition coefficient (Wildman–Crippen LogP) is 4.43. The van der Waals surface area contributed by atoms with Crippen LogP contribution in [-0.2, 0) is 0 Å². The molecule has 0 spiro atoms. The third kappa shape index (κ3) is 1.42. The van der Waals surface area contributed by atoms with Gasteiger partial charge < -0.3 is 0 Å². The molecule has 3 rings (SSSR count). The number of hydrogen-bond acceptors (Lipinski definition) is 2. The molecule has 78 valence electrons. The van der Waals surface area contributed by atoms with Crippen LogP contribution < -0.4 is 0 Å². The summed E-state index contributed by atoms with van der Waals surface area (Å²) in [6.07, 6.45) is 0. The van der Waals surface area contributed by atoms with Gasteiger partial charge in [-0.2, -0.15) is 0 Å². The van der Waals surface area contributed by atoms with E-state index in [9.17, 15) is 4.79 Å². The minimum atomic E-state index is -0.405. The second-order valence-corrected chi connectivity index (χ2v) is 5.01. The standard InChI is InChI=1S/C13H7ClOS/c14-13(15)8-5-6-12-10(7-8)9-3-1-2-4-11(9)16-12/h1-7H. The van der Waals surface area contributed by atoms with Gasteiger partial charge in [0.1, 0.15) is 0 Å². The van der Waals surface area contributed by atoms with Crippen molar-refractivity contribution in [2.75, 3.05) is 0 Å². The van der Waals surface area contributed by atoms with Crippen LogP contribution in [0.25, 0.3) is 20.2 Å². The van der Waals surface area contributed by atoms with Gasteiger partial charge in [0.05, 0.1) is 0 Å². The fourth-order valence-corrected chi connectivity index (χ4v) is 3.05. The number of carbonyl (C=O) groups excluding carboxylic acids is 1. The Hall–Kier alpha value is -1.38. The van der Waals surface area contributed by atoms with Crippen molar-refractivity contribution >= 4 is 48.4 Å². The van der Waals surface area contributed by atoms with Crippen molar-refractivity contribution in [2.45, 2.75) is 0 Å². The molecule has 0 saturated heterocycles. The van der Waals surface area contributed by atoms with Crippen LogP contribution in [0.15, 0.2) is 42.5 Å². The average Bonchev–Trinajstić information content (AvgIpc) is 2.66. The van der Waals surface area contributed by atoms with E-state index in [1.807, 2.05) is 24.3 Å². The summed E-state index contributed by atoms with van der Waals surface area (Å²) in [6, 6.07) is 13.8. The molecule has 0 unspecified atom stereocenters. The van der Waals surface area contributed by atoms with E-state index in [1.165, 1.54) is 14.8 Å². The minimum Gasteiger partial charge on any atom is -0.276 e. The molecule has 2 aromatic carbocycles. The van der Waals surface area contributed by atoms with Crippen molar-refractivity contribution in [3.63, 3.8) is 0 Å². The molecule has 16 heavy (non-hydrogen) atoms. The Labute approximate surface area is 101 Å². The van der Waals surface area contributed by atoms with Crippen LogP contribution >= 0.6 is 22.9 Å². The molecule has 0 atom stereocenters. The zero-order chi connectivity index (χ0) is 11.1. The average molecular weight is 247 g/mol. The van der Waals surface area contributed by atoms with Crippen LogP contribution in [0, 0.1) is 0 Å². The van der Waals surface area contributed by atoms with E-state index in [4.69, 9.17) is 11.6 Å². The minimum absolute atomic E-state index is 0.405. The summed E-state index contributed by atoms with van der Waals surface area (Å²) in [5, 5.41) is 1.88. The highest BCUT2D eigenvalue weighted by Crippen LogP contribution is 2.34. The lowest BCUT2D eigenvalue weighted by atomic mass is 10.1. The van der Waals surface area contributed by atoms with Gasteiger partial charge >= 0.3 is 0 Å². The number of benzene rings is 2. The van der Waals surface area contributed by atoms with Gasteiger partial charge in [-0.1, -0.05) is 18.2 Å². The zero-order valence-corrected chi connectivity index (χ0v) is 9.81. The van der Waals surface area contributed by atoms with Crippen molar-refractivity contribution in [3.05, 3.63) is 48.0 Å². The van der Waals surface area contributed by atoms with E-state index in [2.05, 4.69) is 12.1 Å². The largest absolute Gasteiger partial charge is 0.276 e. The fourth-order valence-electron chi connectivity index (χ4n) is 1.85. The maximum absolute atomic E-state index is 11.1.